The average Bonchev–Trinajstić information content (AvgIpc) is 2.58. The van der Waals surface area contributed by atoms with Crippen LogP contribution in [0.15, 0.2) is 42.5 Å². The van der Waals surface area contributed by atoms with Crippen molar-refractivity contribution in [2.45, 2.75) is 6.92 Å². The van der Waals surface area contributed by atoms with Crippen LogP contribution in [0, 0.1) is 0 Å². The first kappa shape index (κ1) is 20.4. The number of amides is 2. The lowest BCUT2D eigenvalue weighted by Crippen LogP contribution is -2.15. The third kappa shape index (κ3) is 6.78. The molecule has 0 radical (unpaired) electrons. The highest BCUT2D eigenvalue weighted by Crippen LogP contribution is 2.32. The van der Waals surface area contributed by atoms with Gasteiger partial charge in [0.1, 0.15) is 0 Å². The van der Waals surface area contributed by atoms with Gasteiger partial charge in [-0.25, -0.2) is 0 Å². The van der Waals surface area contributed by atoms with Crippen LogP contribution in [0.2, 0.25) is 10.0 Å². The number of carbonyl (C=O) groups excluding carboxylic acids is 2. The summed E-state index contributed by atoms with van der Waals surface area (Å²) in [5, 5.41) is 6.38. The number of carbonyl (C=O) groups is 2. The number of rotatable bonds is 8. The number of ether oxygens (including phenoxy) is 1. The molecule has 0 unspecified atom stereocenters. The van der Waals surface area contributed by atoms with E-state index in [1.165, 1.54) is 18.7 Å². The van der Waals surface area contributed by atoms with Crippen molar-refractivity contribution in [1.29, 1.82) is 0 Å². The fraction of sp³-hybridized carbons (Fsp3) is 0.222. The van der Waals surface area contributed by atoms with Crippen molar-refractivity contribution in [1.82, 2.24) is 0 Å². The Hall–Kier alpha value is -1.89. The highest BCUT2D eigenvalue weighted by Gasteiger charge is 2.07. The summed E-state index contributed by atoms with van der Waals surface area (Å²) in [5.41, 5.74) is 1.35. The number of para-hydroxylation sites is 1. The predicted molar refractivity (Wildman–Crippen MR) is 109 cm³/mol. The second kappa shape index (κ2) is 10.3. The third-order valence-corrected chi connectivity index (χ3v) is 4.63. The van der Waals surface area contributed by atoms with Crippen LogP contribution in [-0.2, 0) is 9.59 Å². The number of hydrogen-bond acceptors (Lipinski definition) is 4. The van der Waals surface area contributed by atoms with Crippen LogP contribution in [-0.4, -0.2) is 29.9 Å². The van der Waals surface area contributed by atoms with E-state index in [1.807, 2.05) is 0 Å². The number of halogens is 2. The Labute approximate surface area is 166 Å². The van der Waals surface area contributed by atoms with Gasteiger partial charge in [0.25, 0.3) is 0 Å². The number of thioether (sulfide) groups is 1. The second-order valence-electron chi connectivity index (χ2n) is 5.26. The Morgan fingerprint density at radius 2 is 1.58 bits per heavy atom. The zero-order valence-electron chi connectivity index (χ0n) is 14.1. The molecule has 2 aromatic carbocycles. The van der Waals surface area contributed by atoms with Gasteiger partial charge in [-0.15, -0.1) is 11.8 Å². The maximum atomic E-state index is 11.9. The van der Waals surface area contributed by atoms with E-state index in [9.17, 15) is 9.59 Å². The lowest BCUT2D eigenvalue weighted by molar-refractivity contribution is -0.114. The fourth-order valence-corrected chi connectivity index (χ4v) is 3.13. The fourth-order valence-electron chi connectivity index (χ4n) is 2.03. The highest BCUT2D eigenvalue weighted by molar-refractivity contribution is 7.99. The Morgan fingerprint density at radius 1 is 1.00 bits per heavy atom. The second-order valence-corrected chi connectivity index (χ2v) is 7.18. The maximum absolute atomic E-state index is 11.9. The molecule has 8 heteroatoms. The standard InChI is InChI=1S/C18H18Cl2N2O3S/c1-12(23)21-13-5-7-14(8-6-13)22-17(24)11-26-10-9-25-18-15(19)3-2-4-16(18)20/h2-8H,9-11H2,1H3,(H,21,23)(H,22,24). The maximum Gasteiger partial charge on any atom is 0.234 e. The van der Waals surface area contributed by atoms with Crippen LogP contribution >= 0.6 is 35.0 Å². The Kier molecular flexibility index (Phi) is 8.09. The molecule has 0 bridgehead atoms. The van der Waals surface area contributed by atoms with Crippen molar-refractivity contribution in [2.75, 3.05) is 28.7 Å². The van der Waals surface area contributed by atoms with Crippen LogP contribution in [0.1, 0.15) is 6.92 Å². The van der Waals surface area contributed by atoms with Gasteiger partial charge in [0.2, 0.25) is 11.8 Å². The van der Waals surface area contributed by atoms with E-state index in [1.54, 1.807) is 42.5 Å². The molecule has 2 aromatic rings. The van der Waals surface area contributed by atoms with Crippen LogP contribution in [0.3, 0.4) is 0 Å². The lowest BCUT2D eigenvalue weighted by Gasteiger charge is -2.10. The minimum atomic E-state index is -0.140. The lowest BCUT2D eigenvalue weighted by atomic mass is 10.3. The summed E-state index contributed by atoms with van der Waals surface area (Å²) in [6.07, 6.45) is 0. The van der Waals surface area contributed by atoms with E-state index in [2.05, 4.69) is 10.6 Å². The van der Waals surface area contributed by atoms with Crippen molar-refractivity contribution >= 4 is 58.2 Å². The molecule has 0 aliphatic rings. The molecule has 0 heterocycles. The molecule has 0 spiro atoms. The van der Waals surface area contributed by atoms with Crippen molar-refractivity contribution < 1.29 is 14.3 Å². The summed E-state index contributed by atoms with van der Waals surface area (Å²) in [5.74, 6) is 1.13. The van der Waals surface area contributed by atoms with Gasteiger partial charge in [-0.3, -0.25) is 9.59 Å². The first-order chi connectivity index (χ1) is 12.5. The molecule has 0 atom stereocenters. The third-order valence-electron chi connectivity index (χ3n) is 3.12. The Balaban J connectivity index is 1.68. The summed E-state index contributed by atoms with van der Waals surface area (Å²) >= 11 is 13.5. The molecule has 2 N–H and O–H groups in total. The smallest absolute Gasteiger partial charge is 0.234 e. The van der Waals surface area contributed by atoms with Gasteiger partial charge in [-0.1, -0.05) is 29.3 Å². The van der Waals surface area contributed by atoms with Crippen LogP contribution in [0.25, 0.3) is 0 Å². The van der Waals surface area contributed by atoms with Crippen molar-refractivity contribution in [3.8, 4) is 5.75 Å². The average molecular weight is 413 g/mol. The highest BCUT2D eigenvalue weighted by atomic mass is 35.5. The number of nitrogens with one attached hydrogen (secondary N) is 2. The summed E-state index contributed by atoms with van der Waals surface area (Å²) < 4.78 is 5.56. The van der Waals surface area contributed by atoms with Gasteiger partial charge in [-0.05, 0) is 36.4 Å². The molecule has 2 amide bonds. The quantitative estimate of drug-likeness (QED) is 0.616. The first-order valence-corrected chi connectivity index (χ1v) is 9.69. The summed E-state index contributed by atoms with van der Waals surface area (Å²) in [7, 11) is 0. The Morgan fingerprint density at radius 3 is 2.15 bits per heavy atom. The summed E-state index contributed by atoms with van der Waals surface area (Å²) in [4.78, 5) is 22.9. The predicted octanol–water partition coefficient (Wildman–Crippen LogP) is 4.70. The number of hydrogen-bond donors (Lipinski definition) is 2. The largest absolute Gasteiger partial charge is 0.490 e. The van der Waals surface area contributed by atoms with E-state index in [-0.39, 0.29) is 11.8 Å². The van der Waals surface area contributed by atoms with Crippen molar-refractivity contribution in [2.24, 2.45) is 0 Å². The molecule has 2 rings (SSSR count). The molecule has 0 saturated heterocycles. The molecule has 0 fully saturated rings. The molecule has 0 aliphatic carbocycles. The van der Waals surface area contributed by atoms with Gasteiger partial charge in [-0.2, -0.15) is 0 Å². The van der Waals surface area contributed by atoms with E-state index < -0.39 is 0 Å². The summed E-state index contributed by atoms with van der Waals surface area (Å²) in [6.45, 7) is 1.84. The zero-order chi connectivity index (χ0) is 18.9. The molecule has 5 nitrogen and oxygen atoms in total. The van der Waals surface area contributed by atoms with Gasteiger partial charge in [0, 0.05) is 24.1 Å². The van der Waals surface area contributed by atoms with Gasteiger partial charge in [0.05, 0.1) is 22.4 Å². The van der Waals surface area contributed by atoms with E-state index in [4.69, 9.17) is 27.9 Å². The molecular weight excluding hydrogens is 395 g/mol. The molecule has 0 saturated carbocycles. The van der Waals surface area contributed by atoms with Gasteiger partial charge >= 0.3 is 0 Å². The topological polar surface area (TPSA) is 67.4 Å². The van der Waals surface area contributed by atoms with E-state index in [0.717, 1.165) is 0 Å². The van der Waals surface area contributed by atoms with Crippen LogP contribution in [0.4, 0.5) is 11.4 Å². The normalized spacial score (nSPS) is 10.3. The first-order valence-electron chi connectivity index (χ1n) is 7.78. The van der Waals surface area contributed by atoms with Gasteiger partial charge in [0.15, 0.2) is 5.75 Å². The Bertz CT molecular complexity index is 749. The summed E-state index contributed by atoms with van der Waals surface area (Å²) in [6, 6.07) is 12.1. The van der Waals surface area contributed by atoms with E-state index >= 15 is 0 Å². The number of anilines is 2. The van der Waals surface area contributed by atoms with Crippen LogP contribution in [0.5, 0.6) is 5.75 Å². The molecule has 0 aromatic heterocycles. The number of benzene rings is 2. The molecule has 138 valence electrons. The molecule has 26 heavy (non-hydrogen) atoms. The monoisotopic (exact) mass is 412 g/mol. The molecule has 0 aliphatic heterocycles. The minimum absolute atomic E-state index is 0.113. The van der Waals surface area contributed by atoms with Crippen molar-refractivity contribution in [3.63, 3.8) is 0 Å². The molecular formula is C18H18Cl2N2O3S. The zero-order valence-corrected chi connectivity index (χ0v) is 16.4. The van der Waals surface area contributed by atoms with E-state index in [0.29, 0.717) is 45.3 Å². The van der Waals surface area contributed by atoms with Crippen molar-refractivity contribution in [3.05, 3.63) is 52.5 Å². The SMILES string of the molecule is CC(=O)Nc1ccc(NC(=O)CSCCOc2c(Cl)cccc2Cl)cc1. The van der Waals surface area contributed by atoms with Gasteiger partial charge < -0.3 is 15.4 Å². The minimum Gasteiger partial charge on any atom is -0.490 e. The van der Waals surface area contributed by atoms with Crippen LogP contribution < -0.4 is 15.4 Å².